The van der Waals surface area contributed by atoms with E-state index in [1.807, 2.05) is 0 Å². The van der Waals surface area contributed by atoms with Crippen LogP contribution in [-0.2, 0) is 0 Å². The molecular formula is C12H17FN2O. The third kappa shape index (κ3) is 2.44. The monoisotopic (exact) mass is 224 g/mol. The molecule has 1 fully saturated rings. The van der Waals surface area contributed by atoms with Crippen LogP contribution in [0.1, 0.15) is 19.8 Å². The predicted octanol–water partition coefficient (Wildman–Crippen LogP) is 2.17. The minimum atomic E-state index is -0.592. The van der Waals surface area contributed by atoms with Gasteiger partial charge in [0.25, 0.3) is 0 Å². The van der Waals surface area contributed by atoms with E-state index in [2.05, 4.69) is 5.32 Å². The summed E-state index contributed by atoms with van der Waals surface area (Å²) in [5, 5.41) is 12.8. The lowest BCUT2D eigenvalue weighted by molar-refractivity contribution is 0.195. The van der Waals surface area contributed by atoms with Gasteiger partial charge in [-0.05, 0) is 38.0 Å². The molecule has 0 aliphatic heterocycles. The lowest BCUT2D eigenvalue weighted by Gasteiger charge is -2.25. The Morgan fingerprint density at radius 1 is 1.50 bits per heavy atom. The van der Waals surface area contributed by atoms with Gasteiger partial charge in [0.2, 0.25) is 0 Å². The molecule has 0 saturated heterocycles. The molecule has 1 aromatic rings. The molecule has 1 aromatic carbocycles. The van der Waals surface area contributed by atoms with Crippen molar-refractivity contribution in [1.29, 1.82) is 0 Å². The number of hydrogen-bond acceptors (Lipinski definition) is 3. The van der Waals surface area contributed by atoms with Crippen molar-refractivity contribution in [3.63, 3.8) is 0 Å². The predicted molar refractivity (Wildman–Crippen MR) is 63.1 cm³/mol. The van der Waals surface area contributed by atoms with Crippen LogP contribution in [0.25, 0.3) is 0 Å². The van der Waals surface area contributed by atoms with Crippen LogP contribution in [0.5, 0.6) is 0 Å². The fraction of sp³-hybridized carbons (Fsp3) is 0.500. The zero-order valence-electron chi connectivity index (χ0n) is 9.57. The fourth-order valence-corrected chi connectivity index (χ4v) is 1.58. The zero-order chi connectivity index (χ0) is 11.7. The molecule has 1 unspecified atom stereocenters. The Bertz CT molecular complexity index is 377. The highest BCUT2D eigenvalue weighted by atomic mass is 19.1. The second kappa shape index (κ2) is 4.29. The maximum atomic E-state index is 13.2. The molecule has 1 aliphatic carbocycles. The minimum Gasteiger partial charge on any atom is -0.381 e. The number of halogens is 1. The summed E-state index contributed by atoms with van der Waals surface area (Å²) in [6.07, 6.45) is 1.67. The summed E-state index contributed by atoms with van der Waals surface area (Å²) < 4.78 is 13.2. The van der Waals surface area contributed by atoms with Crippen LogP contribution in [-0.4, -0.2) is 24.4 Å². The van der Waals surface area contributed by atoms with Crippen molar-refractivity contribution in [3.8, 4) is 0 Å². The van der Waals surface area contributed by atoms with Crippen LogP contribution in [0, 0.1) is 5.82 Å². The summed E-state index contributed by atoms with van der Waals surface area (Å²) >= 11 is 0. The van der Waals surface area contributed by atoms with Gasteiger partial charge in [0.05, 0.1) is 11.4 Å². The number of hydrogen-bond donors (Lipinski definition) is 2. The van der Waals surface area contributed by atoms with Crippen molar-refractivity contribution in [2.75, 3.05) is 17.3 Å². The SMILES string of the molecule is CC(O)N(C)c1ccc(F)cc1NC1CC1. The van der Waals surface area contributed by atoms with E-state index in [1.165, 1.54) is 12.1 Å². The first-order valence-electron chi connectivity index (χ1n) is 5.55. The Labute approximate surface area is 94.9 Å². The summed E-state index contributed by atoms with van der Waals surface area (Å²) in [6, 6.07) is 5.04. The molecule has 0 bridgehead atoms. The zero-order valence-corrected chi connectivity index (χ0v) is 9.57. The molecule has 0 spiro atoms. The van der Waals surface area contributed by atoms with Crippen molar-refractivity contribution in [1.82, 2.24) is 0 Å². The van der Waals surface area contributed by atoms with Crippen molar-refractivity contribution in [2.45, 2.75) is 32.0 Å². The van der Waals surface area contributed by atoms with E-state index in [-0.39, 0.29) is 5.82 Å². The van der Waals surface area contributed by atoms with Crippen LogP contribution in [0.3, 0.4) is 0 Å². The van der Waals surface area contributed by atoms with Gasteiger partial charge < -0.3 is 15.3 Å². The topological polar surface area (TPSA) is 35.5 Å². The van der Waals surface area contributed by atoms with Crippen LogP contribution < -0.4 is 10.2 Å². The van der Waals surface area contributed by atoms with Gasteiger partial charge in [0.1, 0.15) is 12.0 Å². The highest BCUT2D eigenvalue weighted by Gasteiger charge is 2.23. The standard InChI is InChI=1S/C12H17FN2O/c1-8(16)15(2)12-6-3-9(13)7-11(12)14-10-4-5-10/h3,6-8,10,14,16H,4-5H2,1-2H3. The third-order valence-corrected chi connectivity index (χ3v) is 2.84. The van der Waals surface area contributed by atoms with Crippen molar-refractivity contribution >= 4 is 11.4 Å². The van der Waals surface area contributed by atoms with E-state index in [0.29, 0.717) is 6.04 Å². The smallest absolute Gasteiger partial charge is 0.125 e. The Balaban J connectivity index is 2.26. The van der Waals surface area contributed by atoms with Crippen LogP contribution in [0.4, 0.5) is 15.8 Å². The quantitative estimate of drug-likeness (QED) is 0.769. The van der Waals surface area contributed by atoms with Gasteiger partial charge in [-0.1, -0.05) is 0 Å². The molecule has 0 heterocycles. The first kappa shape index (κ1) is 11.2. The second-order valence-electron chi connectivity index (χ2n) is 4.32. The number of benzene rings is 1. The van der Waals surface area contributed by atoms with E-state index in [4.69, 9.17) is 0 Å². The van der Waals surface area contributed by atoms with Crippen LogP contribution >= 0.6 is 0 Å². The molecule has 1 atom stereocenters. The average Bonchev–Trinajstić information content (AvgIpc) is 3.01. The fourth-order valence-electron chi connectivity index (χ4n) is 1.58. The summed E-state index contributed by atoms with van der Waals surface area (Å²) in [5.41, 5.74) is 1.58. The van der Waals surface area contributed by atoms with Crippen molar-refractivity contribution in [3.05, 3.63) is 24.0 Å². The minimum absolute atomic E-state index is 0.258. The molecule has 0 amide bonds. The maximum Gasteiger partial charge on any atom is 0.125 e. The Kier molecular flexibility index (Phi) is 3.01. The molecular weight excluding hydrogens is 207 g/mol. The van der Waals surface area contributed by atoms with Crippen LogP contribution in [0.15, 0.2) is 18.2 Å². The summed E-state index contributed by atoms with van der Waals surface area (Å²) in [6.45, 7) is 1.68. The molecule has 2 rings (SSSR count). The Hall–Kier alpha value is -1.29. The summed E-state index contributed by atoms with van der Waals surface area (Å²) in [7, 11) is 1.79. The van der Waals surface area contributed by atoms with E-state index in [9.17, 15) is 9.50 Å². The largest absolute Gasteiger partial charge is 0.381 e. The number of anilines is 2. The number of aliphatic hydroxyl groups excluding tert-OH is 1. The number of nitrogens with zero attached hydrogens (tertiary/aromatic N) is 1. The van der Waals surface area contributed by atoms with Gasteiger partial charge in [-0.25, -0.2) is 4.39 Å². The highest BCUT2D eigenvalue weighted by molar-refractivity contribution is 5.70. The van der Waals surface area contributed by atoms with E-state index >= 15 is 0 Å². The van der Waals surface area contributed by atoms with Gasteiger partial charge in [-0.2, -0.15) is 0 Å². The molecule has 16 heavy (non-hydrogen) atoms. The molecule has 2 N–H and O–H groups in total. The van der Waals surface area contributed by atoms with Gasteiger partial charge in [0.15, 0.2) is 0 Å². The number of aliphatic hydroxyl groups is 1. The molecule has 1 saturated carbocycles. The lowest BCUT2D eigenvalue weighted by Crippen LogP contribution is -2.29. The Morgan fingerprint density at radius 2 is 2.19 bits per heavy atom. The Morgan fingerprint density at radius 3 is 2.75 bits per heavy atom. The summed E-state index contributed by atoms with van der Waals surface area (Å²) in [5.74, 6) is -0.258. The van der Waals surface area contributed by atoms with Crippen molar-refractivity contribution in [2.24, 2.45) is 0 Å². The molecule has 0 aromatic heterocycles. The molecule has 0 radical (unpaired) electrons. The normalized spacial score (nSPS) is 17.0. The molecule has 88 valence electrons. The van der Waals surface area contributed by atoms with Gasteiger partial charge in [0, 0.05) is 13.1 Å². The summed E-state index contributed by atoms with van der Waals surface area (Å²) in [4.78, 5) is 1.71. The average molecular weight is 224 g/mol. The first-order valence-corrected chi connectivity index (χ1v) is 5.55. The van der Waals surface area contributed by atoms with Crippen molar-refractivity contribution < 1.29 is 9.50 Å². The highest BCUT2D eigenvalue weighted by Crippen LogP contribution is 2.32. The van der Waals surface area contributed by atoms with Crippen LogP contribution in [0.2, 0.25) is 0 Å². The third-order valence-electron chi connectivity index (χ3n) is 2.84. The first-order chi connectivity index (χ1) is 7.58. The molecule has 1 aliphatic rings. The number of rotatable bonds is 4. The molecule has 4 heteroatoms. The lowest BCUT2D eigenvalue weighted by atomic mass is 10.2. The second-order valence-corrected chi connectivity index (χ2v) is 4.32. The molecule has 3 nitrogen and oxygen atoms in total. The van der Waals surface area contributed by atoms with E-state index < -0.39 is 6.23 Å². The van der Waals surface area contributed by atoms with E-state index in [1.54, 1.807) is 24.9 Å². The van der Waals surface area contributed by atoms with Gasteiger partial charge in [-0.3, -0.25) is 0 Å². The van der Waals surface area contributed by atoms with Gasteiger partial charge >= 0.3 is 0 Å². The number of nitrogens with one attached hydrogen (secondary N) is 1. The van der Waals surface area contributed by atoms with E-state index in [0.717, 1.165) is 24.2 Å². The maximum absolute atomic E-state index is 13.2. The van der Waals surface area contributed by atoms with Gasteiger partial charge in [-0.15, -0.1) is 0 Å².